The number of methoxy groups -OCH3 is 1. The van der Waals surface area contributed by atoms with Gasteiger partial charge in [-0.05, 0) is 19.2 Å². The van der Waals surface area contributed by atoms with Crippen molar-refractivity contribution in [3.05, 3.63) is 35.4 Å². The van der Waals surface area contributed by atoms with Crippen LogP contribution in [0.15, 0.2) is 24.3 Å². The Morgan fingerprint density at radius 2 is 1.75 bits per heavy atom. The van der Waals surface area contributed by atoms with E-state index in [4.69, 9.17) is 0 Å². The summed E-state index contributed by atoms with van der Waals surface area (Å²) in [7, 11) is 3.07. The Kier molecular flexibility index (Phi) is 4.14. The average molecular weight is 276 g/mol. The molecular formula is C14H16N2O4. The molecular weight excluding hydrogens is 260 g/mol. The van der Waals surface area contributed by atoms with Crippen LogP contribution in [0.2, 0.25) is 0 Å². The van der Waals surface area contributed by atoms with Gasteiger partial charge in [0.05, 0.1) is 31.3 Å². The lowest BCUT2D eigenvalue weighted by molar-refractivity contribution is -0.140. The predicted molar refractivity (Wildman–Crippen MR) is 71.1 cm³/mol. The van der Waals surface area contributed by atoms with Crippen LogP contribution in [-0.2, 0) is 9.53 Å². The molecule has 2 amide bonds. The molecule has 6 nitrogen and oxygen atoms in total. The average Bonchev–Trinajstić information content (AvgIpc) is 2.70. The first-order chi connectivity index (χ1) is 9.54. The summed E-state index contributed by atoms with van der Waals surface area (Å²) in [4.78, 5) is 38.2. The molecule has 106 valence electrons. The number of hydrogen-bond acceptors (Lipinski definition) is 5. The standard InChI is InChI=1S/C14H16N2O4/c1-15(8-7-12(17)20-2)9-16-13(18)10-5-3-4-6-11(10)14(16)19/h3-6H,7-9H2,1-2H3. The van der Waals surface area contributed by atoms with E-state index in [9.17, 15) is 14.4 Å². The van der Waals surface area contributed by atoms with Gasteiger partial charge in [-0.2, -0.15) is 0 Å². The Balaban J connectivity index is 2.00. The molecule has 0 unspecified atom stereocenters. The molecule has 1 heterocycles. The van der Waals surface area contributed by atoms with Crippen molar-refractivity contribution in [2.24, 2.45) is 0 Å². The number of ether oxygens (including phenoxy) is 1. The van der Waals surface area contributed by atoms with Crippen molar-refractivity contribution in [2.45, 2.75) is 6.42 Å². The molecule has 1 aliphatic rings. The summed E-state index contributed by atoms with van der Waals surface area (Å²) >= 11 is 0. The van der Waals surface area contributed by atoms with Crippen LogP contribution in [0.5, 0.6) is 0 Å². The van der Waals surface area contributed by atoms with E-state index in [2.05, 4.69) is 4.74 Å². The van der Waals surface area contributed by atoms with Crippen molar-refractivity contribution < 1.29 is 19.1 Å². The number of imide groups is 1. The van der Waals surface area contributed by atoms with Gasteiger partial charge in [-0.3, -0.25) is 24.2 Å². The third kappa shape index (κ3) is 2.70. The van der Waals surface area contributed by atoms with E-state index in [0.29, 0.717) is 17.7 Å². The van der Waals surface area contributed by atoms with Crippen LogP contribution in [0.1, 0.15) is 27.1 Å². The van der Waals surface area contributed by atoms with Crippen LogP contribution >= 0.6 is 0 Å². The van der Waals surface area contributed by atoms with Crippen LogP contribution in [0.25, 0.3) is 0 Å². The van der Waals surface area contributed by atoms with E-state index in [1.807, 2.05) is 0 Å². The maximum absolute atomic E-state index is 12.1. The minimum absolute atomic E-state index is 0.156. The quantitative estimate of drug-likeness (QED) is 0.586. The van der Waals surface area contributed by atoms with Gasteiger partial charge in [0, 0.05) is 6.54 Å². The molecule has 0 N–H and O–H groups in total. The second kappa shape index (κ2) is 5.83. The SMILES string of the molecule is COC(=O)CCN(C)CN1C(=O)c2ccccc2C1=O. The molecule has 0 spiro atoms. The lowest BCUT2D eigenvalue weighted by Gasteiger charge is -2.22. The number of benzene rings is 1. The highest BCUT2D eigenvalue weighted by molar-refractivity contribution is 6.21. The molecule has 1 aromatic rings. The first-order valence-electron chi connectivity index (χ1n) is 6.25. The van der Waals surface area contributed by atoms with Gasteiger partial charge in [0.25, 0.3) is 11.8 Å². The lowest BCUT2D eigenvalue weighted by atomic mass is 10.1. The van der Waals surface area contributed by atoms with E-state index >= 15 is 0 Å². The minimum Gasteiger partial charge on any atom is -0.469 e. The highest BCUT2D eigenvalue weighted by atomic mass is 16.5. The number of fused-ring (bicyclic) bond motifs is 1. The molecule has 0 fully saturated rings. The number of carbonyl (C=O) groups excluding carboxylic acids is 3. The minimum atomic E-state index is -0.320. The molecule has 0 radical (unpaired) electrons. The highest BCUT2D eigenvalue weighted by Gasteiger charge is 2.35. The number of amides is 2. The van der Waals surface area contributed by atoms with Crippen molar-refractivity contribution in [3.8, 4) is 0 Å². The van der Waals surface area contributed by atoms with Gasteiger partial charge in [-0.1, -0.05) is 12.1 Å². The van der Waals surface area contributed by atoms with Crippen LogP contribution in [0.3, 0.4) is 0 Å². The van der Waals surface area contributed by atoms with Crippen molar-refractivity contribution in [2.75, 3.05) is 27.4 Å². The van der Waals surface area contributed by atoms with E-state index in [0.717, 1.165) is 0 Å². The van der Waals surface area contributed by atoms with Gasteiger partial charge in [0.15, 0.2) is 0 Å². The first-order valence-corrected chi connectivity index (χ1v) is 6.25. The number of hydrogen-bond donors (Lipinski definition) is 0. The Hall–Kier alpha value is -2.21. The first kappa shape index (κ1) is 14.2. The summed E-state index contributed by atoms with van der Waals surface area (Å²) in [6, 6.07) is 6.75. The molecule has 0 bridgehead atoms. The van der Waals surface area contributed by atoms with E-state index in [1.54, 1.807) is 36.2 Å². The van der Waals surface area contributed by atoms with Crippen molar-refractivity contribution in [1.82, 2.24) is 9.80 Å². The van der Waals surface area contributed by atoms with Gasteiger partial charge in [-0.25, -0.2) is 0 Å². The molecule has 0 aliphatic carbocycles. The van der Waals surface area contributed by atoms with E-state index in [-0.39, 0.29) is 30.9 Å². The van der Waals surface area contributed by atoms with E-state index < -0.39 is 0 Å². The largest absolute Gasteiger partial charge is 0.469 e. The van der Waals surface area contributed by atoms with Crippen LogP contribution < -0.4 is 0 Å². The fourth-order valence-corrected chi connectivity index (χ4v) is 2.06. The Labute approximate surface area is 116 Å². The Bertz CT molecular complexity index is 521. The van der Waals surface area contributed by atoms with Gasteiger partial charge in [0.1, 0.15) is 0 Å². The molecule has 1 aliphatic heterocycles. The summed E-state index contributed by atoms with van der Waals surface area (Å²) in [5.41, 5.74) is 0.859. The van der Waals surface area contributed by atoms with Crippen LogP contribution in [0.4, 0.5) is 0 Å². The van der Waals surface area contributed by atoms with Gasteiger partial charge < -0.3 is 4.74 Å². The maximum atomic E-state index is 12.1. The van der Waals surface area contributed by atoms with Gasteiger partial charge >= 0.3 is 5.97 Å². The van der Waals surface area contributed by atoms with E-state index in [1.165, 1.54) is 12.0 Å². The number of esters is 1. The molecule has 20 heavy (non-hydrogen) atoms. The van der Waals surface area contributed by atoms with Crippen molar-refractivity contribution >= 4 is 17.8 Å². The Morgan fingerprint density at radius 1 is 1.20 bits per heavy atom. The van der Waals surface area contributed by atoms with Gasteiger partial charge in [0.2, 0.25) is 0 Å². The lowest BCUT2D eigenvalue weighted by Crippen LogP contribution is -2.40. The molecule has 6 heteroatoms. The topological polar surface area (TPSA) is 66.9 Å². The highest BCUT2D eigenvalue weighted by Crippen LogP contribution is 2.22. The van der Waals surface area contributed by atoms with Gasteiger partial charge in [-0.15, -0.1) is 0 Å². The van der Waals surface area contributed by atoms with Crippen LogP contribution in [-0.4, -0.2) is 55.0 Å². The molecule has 1 aromatic carbocycles. The predicted octanol–water partition coefficient (Wildman–Crippen LogP) is 0.735. The third-order valence-corrected chi connectivity index (χ3v) is 3.19. The Morgan fingerprint density at radius 3 is 2.25 bits per heavy atom. The summed E-state index contributed by atoms with van der Waals surface area (Å²) < 4.78 is 4.55. The third-order valence-electron chi connectivity index (χ3n) is 3.19. The van der Waals surface area contributed by atoms with Crippen molar-refractivity contribution in [1.29, 1.82) is 0 Å². The second-order valence-corrected chi connectivity index (χ2v) is 4.63. The summed E-state index contributed by atoms with van der Waals surface area (Å²) in [5.74, 6) is -0.912. The molecule has 0 aromatic heterocycles. The zero-order valence-electron chi connectivity index (χ0n) is 11.5. The fraction of sp³-hybridized carbons (Fsp3) is 0.357. The molecule has 0 saturated heterocycles. The smallest absolute Gasteiger partial charge is 0.306 e. The monoisotopic (exact) mass is 276 g/mol. The number of nitrogens with zero attached hydrogens (tertiary/aromatic N) is 2. The number of carbonyl (C=O) groups is 3. The zero-order valence-corrected chi connectivity index (χ0v) is 11.5. The van der Waals surface area contributed by atoms with Crippen molar-refractivity contribution in [3.63, 3.8) is 0 Å². The van der Waals surface area contributed by atoms with Crippen LogP contribution in [0, 0.1) is 0 Å². The number of rotatable bonds is 5. The summed E-state index contributed by atoms with van der Waals surface area (Å²) in [5, 5.41) is 0. The summed E-state index contributed by atoms with van der Waals surface area (Å²) in [6.45, 7) is 0.573. The zero-order chi connectivity index (χ0) is 14.7. The molecule has 0 atom stereocenters. The molecule has 2 rings (SSSR count). The fourth-order valence-electron chi connectivity index (χ4n) is 2.06. The molecule has 0 saturated carbocycles. The normalized spacial score (nSPS) is 13.8. The summed E-state index contributed by atoms with van der Waals surface area (Å²) in [6.07, 6.45) is 0.218. The second-order valence-electron chi connectivity index (χ2n) is 4.63. The maximum Gasteiger partial charge on any atom is 0.306 e.